The molecule has 0 bridgehead atoms. The number of hydrogen-bond acceptors (Lipinski definition) is 5. The predicted molar refractivity (Wildman–Crippen MR) is 101 cm³/mol. The first-order valence-electron chi connectivity index (χ1n) is 8.69. The first-order valence-corrected chi connectivity index (χ1v) is 10.1. The Morgan fingerprint density at radius 2 is 2.12 bits per heavy atom. The zero-order chi connectivity index (χ0) is 17.5. The number of rotatable bonds is 7. The standard InChI is InChI=1S/C17H27ClN4OS/c1-4-12(2)19-16(23)11-24-17-20-14(18)10-15(21-17)22(3)13-8-6-5-7-9-13/h10,12-13H,4-9,11H2,1-3H3,(H,19,23)/t12-/m0/s1. The molecule has 1 amide bonds. The molecule has 1 aromatic heterocycles. The fourth-order valence-corrected chi connectivity index (χ4v) is 3.73. The number of anilines is 1. The molecule has 1 fully saturated rings. The van der Waals surface area contributed by atoms with E-state index < -0.39 is 0 Å². The highest BCUT2D eigenvalue weighted by atomic mass is 35.5. The molecule has 1 aromatic rings. The Labute approximate surface area is 154 Å². The van der Waals surface area contributed by atoms with E-state index in [1.807, 2.05) is 13.8 Å². The van der Waals surface area contributed by atoms with Crippen molar-refractivity contribution >= 4 is 35.1 Å². The first kappa shape index (κ1) is 19.3. The molecule has 0 aliphatic heterocycles. The van der Waals surface area contributed by atoms with Gasteiger partial charge in [-0.3, -0.25) is 4.79 Å². The number of nitrogens with one attached hydrogen (secondary N) is 1. The van der Waals surface area contributed by atoms with Crippen molar-refractivity contribution in [1.82, 2.24) is 15.3 Å². The lowest BCUT2D eigenvalue weighted by atomic mass is 9.94. The van der Waals surface area contributed by atoms with Gasteiger partial charge in [0.15, 0.2) is 5.16 Å². The summed E-state index contributed by atoms with van der Waals surface area (Å²) >= 11 is 7.49. The number of amides is 1. The van der Waals surface area contributed by atoms with Crippen LogP contribution in [0.2, 0.25) is 5.15 Å². The molecule has 2 rings (SSSR count). The number of aromatic nitrogens is 2. The van der Waals surface area contributed by atoms with Gasteiger partial charge < -0.3 is 10.2 Å². The van der Waals surface area contributed by atoms with Gasteiger partial charge in [0.1, 0.15) is 11.0 Å². The van der Waals surface area contributed by atoms with Gasteiger partial charge in [-0.15, -0.1) is 0 Å². The van der Waals surface area contributed by atoms with Gasteiger partial charge in [0.25, 0.3) is 0 Å². The Morgan fingerprint density at radius 3 is 2.79 bits per heavy atom. The molecule has 0 aromatic carbocycles. The third-order valence-corrected chi connectivity index (χ3v) is 5.54. The van der Waals surface area contributed by atoms with E-state index in [2.05, 4.69) is 27.2 Å². The maximum atomic E-state index is 11.9. The van der Waals surface area contributed by atoms with E-state index >= 15 is 0 Å². The molecule has 1 atom stereocenters. The van der Waals surface area contributed by atoms with Crippen molar-refractivity contribution in [3.05, 3.63) is 11.2 Å². The van der Waals surface area contributed by atoms with Crippen LogP contribution in [0.5, 0.6) is 0 Å². The van der Waals surface area contributed by atoms with Crippen LogP contribution < -0.4 is 10.2 Å². The molecule has 7 heteroatoms. The van der Waals surface area contributed by atoms with E-state index in [1.165, 1.54) is 43.9 Å². The number of carbonyl (C=O) groups excluding carboxylic acids is 1. The molecular formula is C17H27ClN4OS. The van der Waals surface area contributed by atoms with Gasteiger partial charge in [-0.25, -0.2) is 9.97 Å². The summed E-state index contributed by atoms with van der Waals surface area (Å²) in [6.07, 6.45) is 7.16. The largest absolute Gasteiger partial charge is 0.357 e. The van der Waals surface area contributed by atoms with Crippen molar-refractivity contribution in [3.63, 3.8) is 0 Å². The minimum Gasteiger partial charge on any atom is -0.357 e. The molecule has 1 aliphatic carbocycles. The second-order valence-electron chi connectivity index (χ2n) is 6.40. The van der Waals surface area contributed by atoms with Crippen LogP contribution in [0.1, 0.15) is 52.4 Å². The smallest absolute Gasteiger partial charge is 0.230 e. The minimum atomic E-state index is 0.000102. The molecule has 0 radical (unpaired) electrons. The van der Waals surface area contributed by atoms with Crippen LogP contribution in [0.3, 0.4) is 0 Å². The Hall–Kier alpha value is -1.01. The highest BCUT2D eigenvalue weighted by molar-refractivity contribution is 7.99. The summed E-state index contributed by atoms with van der Waals surface area (Å²) in [5, 5.41) is 3.92. The molecule has 5 nitrogen and oxygen atoms in total. The zero-order valence-corrected chi connectivity index (χ0v) is 16.3. The lowest BCUT2D eigenvalue weighted by Crippen LogP contribution is -2.34. The Kier molecular flexibility index (Phi) is 7.62. The van der Waals surface area contributed by atoms with Crippen molar-refractivity contribution < 1.29 is 4.79 Å². The first-order chi connectivity index (χ1) is 11.5. The normalized spacial score (nSPS) is 16.7. The lowest BCUT2D eigenvalue weighted by molar-refractivity contribution is -0.119. The summed E-state index contributed by atoms with van der Waals surface area (Å²) in [5.74, 6) is 1.14. The minimum absolute atomic E-state index is 0.000102. The maximum absolute atomic E-state index is 11.9. The summed E-state index contributed by atoms with van der Waals surface area (Å²) in [6, 6.07) is 2.50. The lowest BCUT2D eigenvalue weighted by Gasteiger charge is -2.32. The number of halogens is 1. The van der Waals surface area contributed by atoms with Gasteiger partial charge in [-0.05, 0) is 26.2 Å². The van der Waals surface area contributed by atoms with Gasteiger partial charge in [0.05, 0.1) is 5.75 Å². The molecule has 1 heterocycles. The van der Waals surface area contributed by atoms with E-state index in [0.29, 0.717) is 22.1 Å². The molecule has 0 unspecified atom stereocenters. The summed E-state index contributed by atoms with van der Waals surface area (Å²) in [5.41, 5.74) is 0. The summed E-state index contributed by atoms with van der Waals surface area (Å²) in [6.45, 7) is 4.04. The highest BCUT2D eigenvalue weighted by Crippen LogP contribution is 2.27. The van der Waals surface area contributed by atoms with Crippen LogP contribution in [0.15, 0.2) is 11.2 Å². The molecule has 0 spiro atoms. The molecule has 1 aliphatic rings. The predicted octanol–water partition coefficient (Wildman–Crippen LogP) is 3.91. The van der Waals surface area contributed by atoms with Crippen LogP contribution in [0.25, 0.3) is 0 Å². The van der Waals surface area contributed by atoms with Gasteiger partial charge >= 0.3 is 0 Å². The summed E-state index contributed by atoms with van der Waals surface area (Å²) in [7, 11) is 2.07. The van der Waals surface area contributed by atoms with Crippen LogP contribution in [0.4, 0.5) is 5.82 Å². The van der Waals surface area contributed by atoms with Crippen molar-refractivity contribution in [2.24, 2.45) is 0 Å². The molecule has 1 N–H and O–H groups in total. The molecule has 1 saturated carbocycles. The average molecular weight is 371 g/mol. The van der Waals surface area contributed by atoms with Crippen molar-refractivity contribution in [2.75, 3.05) is 17.7 Å². The molecule has 24 heavy (non-hydrogen) atoms. The van der Waals surface area contributed by atoms with Crippen LogP contribution >= 0.6 is 23.4 Å². The Balaban J connectivity index is 1.98. The number of hydrogen-bond donors (Lipinski definition) is 1. The van der Waals surface area contributed by atoms with Crippen LogP contribution in [0, 0.1) is 0 Å². The van der Waals surface area contributed by atoms with Gasteiger partial charge in [0, 0.05) is 25.2 Å². The monoisotopic (exact) mass is 370 g/mol. The number of nitrogens with zero attached hydrogens (tertiary/aromatic N) is 3. The quantitative estimate of drug-likeness (QED) is 0.448. The highest BCUT2D eigenvalue weighted by Gasteiger charge is 2.20. The Morgan fingerprint density at radius 1 is 1.42 bits per heavy atom. The summed E-state index contributed by atoms with van der Waals surface area (Å²) in [4.78, 5) is 22.9. The van der Waals surface area contributed by atoms with E-state index in [0.717, 1.165) is 12.2 Å². The SMILES string of the molecule is CC[C@H](C)NC(=O)CSc1nc(Cl)cc(N(C)C2CCCCC2)n1. The van der Waals surface area contributed by atoms with Crippen molar-refractivity contribution in [1.29, 1.82) is 0 Å². The third kappa shape index (κ3) is 5.81. The van der Waals surface area contributed by atoms with E-state index in [4.69, 9.17) is 11.6 Å². The van der Waals surface area contributed by atoms with Crippen LogP contribution in [-0.4, -0.2) is 40.8 Å². The third-order valence-electron chi connectivity index (χ3n) is 4.50. The van der Waals surface area contributed by atoms with E-state index in [-0.39, 0.29) is 11.9 Å². The topological polar surface area (TPSA) is 58.1 Å². The second-order valence-corrected chi connectivity index (χ2v) is 7.73. The van der Waals surface area contributed by atoms with Gasteiger partial charge in [-0.2, -0.15) is 0 Å². The van der Waals surface area contributed by atoms with Crippen molar-refractivity contribution in [3.8, 4) is 0 Å². The average Bonchev–Trinajstić information content (AvgIpc) is 2.59. The molecular weight excluding hydrogens is 344 g/mol. The maximum Gasteiger partial charge on any atom is 0.230 e. The van der Waals surface area contributed by atoms with Gasteiger partial charge in [-0.1, -0.05) is 49.5 Å². The zero-order valence-electron chi connectivity index (χ0n) is 14.7. The Bertz CT molecular complexity index is 551. The summed E-state index contributed by atoms with van der Waals surface area (Å²) < 4.78 is 0. The molecule has 0 saturated heterocycles. The fourth-order valence-electron chi connectivity index (χ4n) is 2.83. The van der Waals surface area contributed by atoms with Crippen LogP contribution in [-0.2, 0) is 4.79 Å². The number of carbonyl (C=O) groups is 1. The van der Waals surface area contributed by atoms with E-state index in [1.54, 1.807) is 6.07 Å². The number of thioether (sulfide) groups is 1. The van der Waals surface area contributed by atoms with E-state index in [9.17, 15) is 4.79 Å². The fraction of sp³-hybridized carbons (Fsp3) is 0.706. The van der Waals surface area contributed by atoms with Crippen molar-refractivity contribution in [2.45, 2.75) is 69.6 Å². The molecule has 134 valence electrons. The second kappa shape index (κ2) is 9.47. The van der Waals surface area contributed by atoms with Gasteiger partial charge in [0.2, 0.25) is 5.91 Å².